The van der Waals surface area contributed by atoms with E-state index in [-0.39, 0.29) is 5.82 Å². The van der Waals surface area contributed by atoms with E-state index < -0.39 is 17.1 Å². The van der Waals surface area contributed by atoms with Crippen LogP contribution in [0.15, 0.2) is 46.4 Å². The van der Waals surface area contributed by atoms with Crippen molar-refractivity contribution < 1.29 is 9.53 Å². The highest BCUT2D eigenvalue weighted by atomic mass is 35.5. The van der Waals surface area contributed by atoms with Gasteiger partial charge in [-0.3, -0.25) is 4.79 Å². The Balaban J connectivity index is 2.41. The van der Waals surface area contributed by atoms with Gasteiger partial charge in [0.05, 0.1) is 5.41 Å². The minimum absolute atomic E-state index is 0.210. The lowest BCUT2D eigenvalue weighted by Gasteiger charge is -2.27. The molecule has 1 aromatic carbocycles. The maximum Gasteiger partial charge on any atom is 0.313 e. The molecule has 0 saturated carbocycles. The Morgan fingerprint density at radius 2 is 1.90 bits per heavy atom. The van der Waals surface area contributed by atoms with Crippen LogP contribution in [-0.2, 0) is 15.3 Å². The maximum atomic E-state index is 12.2. The normalized spacial score (nSPS) is 21.7. The van der Waals surface area contributed by atoms with Crippen molar-refractivity contribution in [2.24, 2.45) is 21.4 Å². The van der Waals surface area contributed by atoms with E-state index in [0.29, 0.717) is 10.6 Å². The summed E-state index contributed by atoms with van der Waals surface area (Å²) in [6, 6.07) is 6.85. The summed E-state index contributed by atoms with van der Waals surface area (Å²) in [7, 11) is 0. The Kier molecular flexibility index (Phi) is 3.56. The Morgan fingerprint density at radius 3 is 2.35 bits per heavy atom. The van der Waals surface area contributed by atoms with E-state index in [1.54, 1.807) is 45.0 Å². The molecule has 2 rings (SSSR count). The zero-order valence-corrected chi connectivity index (χ0v) is 12.3. The number of azo groups is 1. The number of ether oxygens (including phenoxy) is 1. The summed E-state index contributed by atoms with van der Waals surface area (Å²) in [6.07, 6.45) is 1.51. The SMILES string of the molecule is CC(C)(C)C(=O)OC1(c2ccc(Cl)cc2)C=C(N)N=N1. The van der Waals surface area contributed by atoms with Crippen LogP contribution < -0.4 is 5.73 Å². The van der Waals surface area contributed by atoms with Gasteiger partial charge in [-0.15, -0.1) is 10.2 Å². The fourth-order valence-electron chi connectivity index (χ4n) is 1.62. The van der Waals surface area contributed by atoms with Crippen molar-refractivity contribution in [3.8, 4) is 0 Å². The van der Waals surface area contributed by atoms with Crippen LogP contribution in [0, 0.1) is 5.41 Å². The fourth-order valence-corrected chi connectivity index (χ4v) is 1.75. The van der Waals surface area contributed by atoms with Crippen LogP contribution in [0.3, 0.4) is 0 Å². The van der Waals surface area contributed by atoms with E-state index in [1.165, 1.54) is 6.08 Å². The van der Waals surface area contributed by atoms with Crippen molar-refractivity contribution in [2.45, 2.75) is 26.5 Å². The third-order valence-electron chi connectivity index (χ3n) is 2.78. The fraction of sp³-hybridized carbons (Fsp3) is 0.357. The highest BCUT2D eigenvalue weighted by Crippen LogP contribution is 2.37. The predicted molar refractivity (Wildman–Crippen MR) is 75.8 cm³/mol. The molecule has 106 valence electrons. The minimum atomic E-state index is -1.31. The van der Waals surface area contributed by atoms with Crippen molar-refractivity contribution in [2.75, 3.05) is 0 Å². The molecule has 1 aliphatic heterocycles. The first kappa shape index (κ1) is 14.5. The van der Waals surface area contributed by atoms with Gasteiger partial charge in [0.2, 0.25) is 0 Å². The van der Waals surface area contributed by atoms with Gasteiger partial charge >= 0.3 is 5.97 Å². The first-order valence-electron chi connectivity index (χ1n) is 6.14. The molecule has 2 N–H and O–H groups in total. The summed E-state index contributed by atoms with van der Waals surface area (Å²) in [4.78, 5) is 12.2. The number of rotatable bonds is 2. The van der Waals surface area contributed by atoms with E-state index in [2.05, 4.69) is 10.2 Å². The largest absolute Gasteiger partial charge is 0.427 e. The quantitative estimate of drug-likeness (QED) is 0.849. The third-order valence-corrected chi connectivity index (χ3v) is 3.03. The molecule has 5 nitrogen and oxygen atoms in total. The number of nitrogens with zero attached hydrogens (tertiary/aromatic N) is 2. The number of benzene rings is 1. The van der Waals surface area contributed by atoms with Gasteiger partial charge in [-0.2, -0.15) is 0 Å². The molecule has 0 spiro atoms. The lowest BCUT2D eigenvalue weighted by Crippen LogP contribution is -2.33. The van der Waals surface area contributed by atoms with Crippen LogP contribution in [0.5, 0.6) is 0 Å². The summed E-state index contributed by atoms with van der Waals surface area (Å²) in [5.74, 6) is -0.181. The van der Waals surface area contributed by atoms with Crippen molar-refractivity contribution in [1.29, 1.82) is 0 Å². The molecule has 0 aliphatic carbocycles. The average molecular weight is 294 g/mol. The molecule has 0 amide bonds. The van der Waals surface area contributed by atoms with E-state index >= 15 is 0 Å². The van der Waals surface area contributed by atoms with Crippen LogP contribution in [-0.4, -0.2) is 5.97 Å². The molecule has 1 unspecified atom stereocenters. The number of halogens is 1. The number of carbonyl (C=O) groups excluding carboxylic acids is 1. The van der Waals surface area contributed by atoms with Gasteiger partial charge in [0, 0.05) is 16.7 Å². The van der Waals surface area contributed by atoms with Crippen LogP contribution in [0.4, 0.5) is 0 Å². The summed E-state index contributed by atoms with van der Waals surface area (Å²) in [5.41, 5.74) is 4.33. The van der Waals surface area contributed by atoms with E-state index in [0.717, 1.165) is 0 Å². The second-order valence-corrected chi connectivity index (χ2v) is 6.05. The molecule has 0 aromatic heterocycles. The second kappa shape index (κ2) is 4.90. The van der Waals surface area contributed by atoms with Crippen LogP contribution >= 0.6 is 11.6 Å². The van der Waals surface area contributed by atoms with Crippen molar-refractivity contribution >= 4 is 17.6 Å². The third kappa shape index (κ3) is 2.82. The summed E-state index contributed by atoms with van der Waals surface area (Å²) in [6.45, 7) is 5.30. The van der Waals surface area contributed by atoms with Gasteiger partial charge in [0.15, 0.2) is 0 Å². The lowest BCUT2D eigenvalue weighted by molar-refractivity contribution is -0.165. The van der Waals surface area contributed by atoms with Gasteiger partial charge in [-0.1, -0.05) is 23.7 Å². The molecule has 1 aliphatic rings. The summed E-state index contributed by atoms with van der Waals surface area (Å²) < 4.78 is 5.56. The average Bonchev–Trinajstić information content (AvgIpc) is 2.71. The second-order valence-electron chi connectivity index (χ2n) is 5.61. The molecule has 6 heteroatoms. The van der Waals surface area contributed by atoms with Gasteiger partial charge in [0.25, 0.3) is 5.72 Å². The van der Waals surface area contributed by atoms with Gasteiger partial charge < -0.3 is 10.5 Å². The molecule has 1 atom stereocenters. The van der Waals surface area contributed by atoms with E-state index in [9.17, 15) is 4.79 Å². The molecule has 1 aromatic rings. The molecule has 0 saturated heterocycles. The Labute approximate surface area is 122 Å². The van der Waals surface area contributed by atoms with Crippen LogP contribution in [0.2, 0.25) is 5.02 Å². The molecule has 0 radical (unpaired) electrons. The number of hydrogen-bond donors (Lipinski definition) is 1. The van der Waals surface area contributed by atoms with Crippen molar-refractivity contribution in [3.05, 3.63) is 46.7 Å². The molecular weight excluding hydrogens is 278 g/mol. The lowest BCUT2D eigenvalue weighted by atomic mass is 9.96. The minimum Gasteiger partial charge on any atom is -0.427 e. The maximum absolute atomic E-state index is 12.2. The van der Waals surface area contributed by atoms with Gasteiger partial charge in [-0.25, -0.2) is 0 Å². The van der Waals surface area contributed by atoms with E-state index in [4.69, 9.17) is 22.1 Å². The first-order chi connectivity index (χ1) is 9.23. The smallest absolute Gasteiger partial charge is 0.313 e. The highest BCUT2D eigenvalue weighted by molar-refractivity contribution is 6.30. The zero-order valence-electron chi connectivity index (χ0n) is 11.6. The molecule has 0 bridgehead atoms. The Morgan fingerprint density at radius 1 is 1.30 bits per heavy atom. The topological polar surface area (TPSA) is 77.0 Å². The van der Waals surface area contributed by atoms with Crippen molar-refractivity contribution in [1.82, 2.24) is 0 Å². The number of carbonyl (C=O) groups is 1. The standard InChI is InChI=1S/C14H16ClN3O2/c1-13(2,3)12(19)20-14(8-11(16)17-18-14)9-4-6-10(15)7-5-9/h4-8H,16H2,1-3H3. The van der Waals surface area contributed by atoms with Crippen molar-refractivity contribution in [3.63, 3.8) is 0 Å². The number of esters is 1. The predicted octanol–water partition coefficient (Wildman–Crippen LogP) is 3.35. The van der Waals surface area contributed by atoms with Gasteiger partial charge in [-0.05, 0) is 32.9 Å². The number of hydrogen-bond acceptors (Lipinski definition) is 5. The Bertz CT molecular complexity index is 587. The summed E-state index contributed by atoms with van der Waals surface area (Å²) >= 11 is 5.87. The summed E-state index contributed by atoms with van der Waals surface area (Å²) in [5, 5.41) is 8.38. The Hall–Kier alpha value is -1.88. The zero-order chi connectivity index (χ0) is 15.0. The van der Waals surface area contributed by atoms with Crippen LogP contribution in [0.1, 0.15) is 26.3 Å². The molecule has 20 heavy (non-hydrogen) atoms. The monoisotopic (exact) mass is 293 g/mol. The molecular formula is C14H16ClN3O2. The molecule has 1 heterocycles. The van der Waals surface area contributed by atoms with E-state index in [1.807, 2.05) is 0 Å². The highest BCUT2D eigenvalue weighted by Gasteiger charge is 2.41. The van der Waals surface area contributed by atoms with Gasteiger partial charge in [0.1, 0.15) is 5.82 Å². The molecule has 0 fully saturated rings. The number of nitrogens with two attached hydrogens (primary N) is 1. The first-order valence-corrected chi connectivity index (χ1v) is 6.51. The van der Waals surface area contributed by atoms with Crippen LogP contribution in [0.25, 0.3) is 0 Å².